The monoisotopic (exact) mass is 252 g/mol. The molecule has 2 rings (SSSR count). The third kappa shape index (κ3) is 3.20. The topological polar surface area (TPSA) is 29.3 Å². The lowest BCUT2D eigenvalue weighted by Crippen LogP contribution is -2.19. The van der Waals surface area contributed by atoms with E-state index in [4.69, 9.17) is 16.0 Å². The second-order valence-electron chi connectivity index (χ2n) is 4.32. The molecule has 92 valence electrons. The Morgan fingerprint density at radius 1 is 1.41 bits per heavy atom. The molecule has 0 saturated heterocycles. The van der Waals surface area contributed by atoms with E-state index in [0.29, 0.717) is 11.8 Å². The Morgan fingerprint density at radius 2 is 2.24 bits per heavy atom. The van der Waals surface area contributed by atoms with Gasteiger partial charge in [0.25, 0.3) is 0 Å². The molecule has 3 nitrogen and oxygen atoms in total. The van der Waals surface area contributed by atoms with Crippen molar-refractivity contribution < 1.29 is 4.42 Å². The summed E-state index contributed by atoms with van der Waals surface area (Å²) in [5, 5.41) is 0. The number of alkyl halides is 1. The zero-order chi connectivity index (χ0) is 12.3. The predicted molar refractivity (Wildman–Crippen MR) is 70.4 cm³/mol. The summed E-state index contributed by atoms with van der Waals surface area (Å²) < 4.78 is 5.45. The predicted octanol–water partition coefficient (Wildman–Crippen LogP) is 3.20. The molecule has 17 heavy (non-hydrogen) atoms. The molecule has 0 unspecified atom stereocenters. The van der Waals surface area contributed by atoms with Crippen molar-refractivity contribution in [3.8, 4) is 0 Å². The lowest BCUT2D eigenvalue weighted by atomic mass is 10.2. The molecule has 1 heterocycles. The molecule has 0 N–H and O–H groups in total. The Labute approximate surface area is 106 Å². The van der Waals surface area contributed by atoms with Gasteiger partial charge in [0.1, 0.15) is 5.52 Å². The maximum absolute atomic E-state index is 5.68. The molecule has 0 saturated carbocycles. The molecule has 4 heteroatoms. The van der Waals surface area contributed by atoms with Crippen molar-refractivity contribution in [2.75, 3.05) is 19.5 Å². The zero-order valence-electron chi connectivity index (χ0n) is 10.2. The van der Waals surface area contributed by atoms with Gasteiger partial charge in [-0.15, -0.1) is 11.6 Å². The number of rotatable bonds is 5. The van der Waals surface area contributed by atoms with Crippen LogP contribution < -0.4 is 0 Å². The smallest absolute Gasteiger partial charge is 0.192 e. The van der Waals surface area contributed by atoms with E-state index in [-0.39, 0.29) is 0 Å². The van der Waals surface area contributed by atoms with Gasteiger partial charge in [0.15, 0.2) is 11.5 Å². The van der Waals surface area contributed by atoms with Gasteiger partial charge in [0, 0.05) is 19.3 Å². The number of halogens is 1. The van der Waals surface area contributed by atoms with Crippen molar-refractivity contribution in [2.45, 2.75) is 19.9 Å². The first kappa shape index (κ1) is 12.4. The van der Waals surface area contributed by atoms with Crippen LogP contribution in [-0.2, 0) is 6.54 Å². The van der Waals surface area contributed by atoms with Crippen LogP contribution in [-0.4, -0.2) is 29.4 Å². The molecule has 0 aliphatic carbocycles. The molecule has 1 aromatic heterocycles. The molecule has 0 fully saturated rings. The molecule has 0 spiro atoms. The largest absolute Gasteiger partial charge is 0.441 e. The van der Waals surface area contributed by atoms with Gasteiger partial charge in [-0.3, -0.25) is 0 Å². The number of benzene rings is 1. The van der Waals surface area contributed by atoms with Gasteiger partial charge in [-0.1, -0.05) is 6.07 Å². The minimum absolute atomic E-state index is 0.714. The number of hydrogen-bond donors (Lipinski definition) is 0. The average Bonchev–Trinajstić information content (AvgIpc) is 2.65. The Balaban J connectivity index is 2.08. The van der Waals surface area contributed by atoms with Crippen LogP contribution in [0.5, 0.6) is 0 Å². The fourth-order valence-electron chi connectivity index (χ4n) is 1.91. The molecule has 0 atom stereocenters. The van der Waals surface area contributed by atoms with E-state index in [1.807, 2.05) is 13.0 Å². The van der Waals surface area contributed by atoms with E-state index in [2.05, 4.69) is 29.1 Å². The average molecular weight is 253 g/mol. The van der Waals surface area contributed by atoms with Gasteiger partial charge in [-0.05, 0) is 37.7 Å². The molecule has 0 aliphatic heterocycles. The minimum Gasteiger partial charge on any atom is -0.441 e. The molecular weight excluding hydrogens is 236 g/mol. The zero-order valence-corrected chi connectivity index (χ0v) is 11.0. The lowest BCUT2D eigenvalue weighted by molar-refractivity contribution is 0.328. The second-order valence-corrected chi connectivity index (χ2v) is 4.69. The van der Waals surface area contributed by atoms with Crippen molar-refractivity contribution in [1.29, 1.82) is 0 Å². The van der Waals surface area contributed by atoms with Gasteiger partial charge in [-0.2, -0.15) is 0 Å². The van der Waals surface area contributed by atoms with E-state index in [1.165, 1.54) is 5.56 Å². The van der Waals surface area contributed by atoms with Crippen molar-refractivity contribution in [3.63, 3.8) is 0 Å². The van der Waals surface area contributed by atoms with Gasteiger partial charge in [0.2, 0.25) is 0 Å². The summed E-state index contributed by atoms with van der Waals surface area (Å²) >= 11 is 5.68. The Bertz CT molecular complexity index is 495. The van der Waals surface area contributed by atoms with E-state index in [9.17, 15) is 0 Å². The third-order valence-electron chi connectivity index (χ3n) is 2.68. The normalized spacial score (nSPS) is 11.5. The summed E-state index contributed by atoms with van der Waals surface area (Å²) in [4.78, 5) is 6.60. The molecule has 0 amide bonds. The standard InChI is InChI=1S/C13H17ClN2O/c1-10-15-12-8-11(4-5-13(12)17-10)9-16(2)7-3-6-14/h4-5,8H,3,6-7,9H2,1-2H3. The van der Waals surface area contributed by atoms with Crippen molar-refractivity contribution in [1.82, 2.24) is 9.88 Å². The van der Waals surface area contributed by atoms with E-state index >= 15 is 0 Å². The highest BCUT2D eigenvalue weighted by molar-refractivity contribution is 6.17. The summed E-state index contributed by atoms with van der Waals surface area (Å²) in [6, 6.07) is 6.16. The Morgan fingerprint density at radius 3 is 3.00 bits per heavy atom. The summed E-state index contributed by atoms with van der Waals surface area (Å²) in [5.74, 6) is 1.43. The van der Waals surface area contributed by atoms with Crippen LogP contribution in [0.15, 0.2) is 22.6 Å². The fraction of sp³-hybridized carbons (Fsp3) is 0.462. The van der Waals surface area contributed by atoms with Crippen LogP contribution in [0.2, 0.25) is 0 Å². The van der Waals surface area contributed by atoms with Crippen LogP contribution in [0, 0.1) is 6.92 Å². The minimum atomic E-state index is 0.714. The van der Waals surface area contributed by atoms with Crippen molar-refractivity contribution >= 4 is 22.7 Å². The highest BCUT2D eigenvalue weighted by atomic mass is 35.5. The van der Waals surface area contributed by atoms with Gasteiger partial charge in [-0.25, -0.2) is 4.98 Å². The number of aromatic nitrogens is 1. The first-order chi connectivity index (χ1) is 8.19. The fourth-order valence-corrected chi connectivity index (χ4v) is 2.03. The quantitative estimate of drug-likeness (QED) is 0.766. The first-order valence-corrected chi connectivity index (χ1v) is 6.33. The van der Waals surface area contributed by atoms with Gasteiger partial charge < -0.3 is 9.32 Å². The van der Waals surface area contributed by atoms with Crippen molar-refractivity contribution in [2.24, 2.45) is 0 Å². The Hall–Kier alpha value is -1.06. The van der Waals surface area contributed by atoms with Crippen LogP contribution in [0.4, 0.5) is 0 Å². The first-order valence-electron chi connectivity index (χ1n) is 5.79. The number of aryl methyl sites for hydroxylation is 1. The summed E-state index contributed by atoms with van der Waals surface area (Å²) in [5.41, 5.74) is 3.04. The van der Waals surface area contributed by atoms with Crippen LogP contribution in [0.25, 0.3) is 11.1 Å². The third-order valence-corrected chi connectivity index (χ3v) is 2.95. The second kappa shape index (κ2) is 5.52. The van der Waals surface area contributed by atoms with E-state index < -0.39 is 0 Å². The van der Waals surface area contributed by atoms with E-state index in [0.717, 1.165) is 30.6 Å². The SMILES string of the molecule is Cc1nc2cc(CN(C)CCCCl)ccc2o1. The summed E-state index contributed by atoms with van der Waals surface area (Å²) in [7, 11) is 2.10. The highest BCUT2D eigenvalue weighted by Crippen LogP contribution is 2.17. The van der Waals surface area contributed by atoms with Crippen LogP contribution >= 0.6 is 11.6 Å². The Kier molecular flexibility index (Phi) is 4.02. The van der Waals surface area contributed by atoms with Gasteiger partial charge >= 0.3 is 0 Å². The number of hydrogen-bond acceptors (Lipinski definition) is 3. The number of nitrogens with zero attached hydrogens (tertiary/aromatic N) is 2. The number of oxazole rings is 1. The number of fused-ring (bicyclic) bond motifs is 1. The van der Waals surface area contributed by atoms with Gasteiger partial charge in [0.05, 0.1) is 0 Å². The molecule has 0 radical (unpaired) electrons. The van der Waals surface area contributed by atoms with E-state index in [1.54, 1.807) is 0 Å². The van der Waals surface area contributed by atoms with Crippen LogP contribution in [0.3, 0.4) is 0 Å². The summed E-state index contributed by atoms with van der Waals surface area (Å²) in [6.07, 6.45) is 1.02. The molecule has 0 bridgehead atoms. The molecule has 0 aliphatic rings. The van der Waals surface area contributed by atoms with Crippen molar-refractivity contribution in [3.05, 3.63) is 29.7 Å². The highest BCUT2D eigenvalue weighted by Gasteiger charge is 2.05. The summed E-state index contributed by atoms with van der Waals surface area (Å²) in [6.45, 7) is 3.80. The maximum Gasteiger partial charge on any atom is 0.192 e. The van der Waals surface area contributed by atoms with Crippen LogP contribution in [0.1, 0.15) is 17.9 Å². The maximum atomic E-state index is 5.68. The molecule has 2 aromatic rings. The lowest BCUT2D eigenvalue weighted by Gasteiger charge is -2.15. The molecular formula is C13H17ClN2O. The molecule has 1 aromatic carbocycles.